The molecule has 18 heavy (non-hydrogen) atoms. The summed E-state index contributed by atoms with van der Waals surface area (Å²) in [5.74, 6) is 0.0479. The molecule has 1 saturated heterocycles. The van der Waals surface area contributed by atoms with E-state index in [1.54, 1.807) is 7.11 Å². The Labute approximate surface area is 106 Å². The molecule has 1 aliphatic heterocycles. The minimum atomic E-state index is -0.774. The Bertz CT molecular complexity index is 430. The second-order valence-electron chi connectivity index (χ2n) is 4.62. The van der Waals surface area contributed by atoms with E-state index in [1.807, 2.05) is 24.3 Å². The minimum absolute atomic E-state index is 0.134. The molecule has 1 aromatic carbocycles. The standard InChI is InChI=1S/C13H18N2O3/c1-18-11-5-3-2-4-10(11)7-15-13(6-12(16)17)8-14-9-13/h2-5,14-15H,6-9H2,1H3,(H,16,17). The molecule has 0 radical (unpaired) electrons. The van der Waals surface area contributed by atoms with Crippen LogP contribution >= 0.6 is 0 Å². The number of carbonyl (C=O) groups is 1. The zero-order valence-electron chi connectivity index (χ0n) is 10.4. The number of carboxylic acid groups (broad SMARTS) is 1. The first-order chi connectivity index (χ1) is 8.65. The summed E-state index contributed by atoms with van der Waals surface area (Å²) < 4.78 is 5.27. The fourth-order valence-electron chi connectivity index (χ4n) is 2.16. The van der Waals surface area contributed by atoms with Crippen molar-refractivity contribution in [2.75, 3.05) is 20.2 Å². The molecule has 0 aliphatic carbocycles. The van der Waals surface area contributed by atoms with Crippen molar-refractivity contribution in [3.05, 3.63) is 29.8 Å². The number of methoxy groups -OCH3 is 1. The molecule has 1 heterocycles. The summed E-state index contributed by atoms with van der Waals surface area (Å²) in [5, 5.41) is 15.4. The van der Waals surface area contributed by atoms with Crippen molar-refractivity contribution in [1.82, 2.24) is 10.6 Å². The first-order valence-electron chi connectivity index (χ1n) is 5.95. The third-order valence-corrected chi connectivity index (χ3v) is 3.26. The van der Waals surface area contributed by atoms with Gasteiger partial charge in [0.15, 0.2) is 0 Å². The maximum atomic E-state index is 10.8. The second kappa shape index (κ2) is 5.37. The first-order valence-corrected chi connectivity index (χ1v) is 5.95. The summed E-state index contributed by atoms with van der Waals surface area (Å²) >= 11 is 0. The van der Waals surface area contributed by atoms with Gasteiger partial charge in [-0.25, -0.2) is 0 Å². The van der Waals surface area contributed by atoms with E-state index in [-0.39, 0.29) is 12.0 Å². The van der Waals surface area contributed by atoms with E-state index in [0.717, 1.165) is 11.3 Å². The van der Waals surface area contributed by atoms with Crippen molar-refractivity contribution in [2.24, 2.45) is 0 Å². The lowest BCUT2D eigenvalue weighted by Gasteiger charge is -2.42. The lowest BCUT2D eigenvalue weighted by Crippen LogP contribution is -2.68. The van der Waals surface area contributed by atoms with Crippen LogP contribution in [-0.2, 0) is 11.3 Å². The lowest BCUT2D eigenvalue weighted by molar-refractivity contribution is -0.139. The maximum Gasteiger partial charge on any atom is 0.305 e. The summed E-state index contributed by atoms with van der Waals surface area (Å²) in [5.41, 5.74) is 0.712. The number of hydrogen-bond donors (Lipinski definition) is 3. The van der Waals surface area contributed by atoms with Crippen molar-refractivity contribution in [2.45, 2.75) is 18.5 Å². The van der Waals surface area contributed by atoms with Gasteiger partial charge in [0.25, 0.3) is 0 Å². The van der Waals surface area contributed by atoms with Gasteiger partial charge in [0, 0.05) is 25.2 Å². The molecule has 0 spiro atoms. The molecule has 1 fully saturated rings. The number of nitrogens with one attached hydrogen (secondary N) is 2. The predicted molar refractivity (Wildman–Crippen MR) is 67.7 cm³/mol. The fourth-order valence-corrected chi connectivity index (χ4v) is 2.16. The van der Waals surface area contributed by atoms with Crippen LogP contribution in [0.25, 0.3) is 0 Å². The van der Waals surface area contributed by atoms with Crippen LogP contribution in [0.5, 0.6) is 5.75 Å². The average Bonchev–Trinajstić information content (AvgIpc) is 2.32. The predicted octanol–water partition coefficient (Wildman–Crippen LogP) is 0.601. The molecule has 5 nitrogen and oxygen atoms in total. The Balaban J connectivity index is 1.99. The highest BCUT2D eigenvalue weighted by Gasteiger charge is 2.38. The Kier molecular flexibility index (Phi) is 3.84. The van der Waals surface area contributed by atoms with Gasteiger partial charge in [0.05, 0.1) is 19.1 Å². The minimum Gasteiger partial charge on any atom is -0.496 e. The highest BCUT2D eigenvalue weighted by Crippen LogP contribution is 2.21. The Morgan fingerprint density at radius 2 is 2.22 bits per heavy atom. The highest BCUT2D eigenvalue weighted by atomic mass is 16.5. The quantitative estimate of drug-likeness (QED) is 0.690. The van der Waals surface area contributed by atoms with Crippen LogP contribution in [0.2, 0.25) is 0 Å². The summed E-state index contributed by atoms with van der Waals surface area (Å²) in [6.07, 6.45) is 0.134. The van der Waals surface area contributed by atoms with Crippen molar-refractivity contribution >= 4 is 5.97 Å². The van der Waals surface area contributed by atoms with Crippen LogP contribution in [0, 0.1) is 0 Å². The van der Waals surface area contributed by atoms with Gasteiger partial charge >= 0.3 is 5.97 Å². The maximum absolute atomic E-state index is 10.8. The highest BCUT2D eigenvalue weighted by molar-refractivity contribution is 5.68. The molecule has 3 N–H and O–H groups in total. The van der Waals surface area contributed by atoms with Crippen LogP contribution in [0.3, 0.4) is 0 Å². The molecular formula is C13H18N2O3. The molecule has 98 valence electrons. The van der Waals surface area contributed by atoms with Gasteiger partial charge in [0.2, 0.25) is 0 Å². The zero-order chi connectivity index (χ0) is 13.0. The van der Waals surface area contributed by atoms with E-state index in [0.29, 0.717) is 19.6 Å². The van der Waals surface area contributed by atoms with Crippen LogP contribution in [0.1, 0.15) is 12.0 Å². The molecule has 0 bridgehead atoms. The SMILES string of the molecule is COc1ccccc1CNC1(CC(=O)O)CNC1. The van der Waals surface area contributed by atoms with Gasteiger partial charge in [0.1, 0.15) is 5.75 Å². The molecule has 2 rings (SSSR count). The number of benzene rings is 1. The molecule has 5 heteroatoms. The monoisotopic (exact) mass is 250 g/mol. The molecule has 0 aromatic heterocycles. The third kappa shape index (κ3) is 2.80. The smallest absolute Gasteiger partial charge is 0.305 e. The Morgan fingerprint density at radius 1 is 1.50 bits per heavy atom. The number of carboxylic acids is 1. The Morgan fingerprint density at radius 3 is 2.78 bits per heavy atom. The van der Waals surface area contributed by atoms with E-state index in [9.17, 15) is 4.79 Å². The van der Waals surface area contributed by atoms with E-state index in [1.165, 1.54) is 0 Å². The average molecular weight is 250 g/mol. The first kappa shape index (κ1) is 12.9. The normalized spacial score (nSPS) is 16.9. The summed E-state index contributed by atoms with van der Waals surface area (Å²) in [6, 6.07) is 7.75. The van der Waals surface area contributed by atoms with Crippen LogP contribution in [0.15, 0.2) is 24.3 Å². The molecule has 1 aliphatic rings. The Hall–Kier alpha value is -1.59. The van der Waals surface area contributed by atoms with E-state index in [4.69, 9.17) is 9.84 Å². The molecule has 0 saturated carbocycles. The van der Waals surface area contributed by atoms with Gasteiger partial charge in [-0.15, -0.1) is 0 Å². The lowest BCUT2D eigenvalue weighted by atomic mass is 9.88. The molecule has 0 atom stereocenters. The molecule has 0 unspecified atom stereocenters. The van der Waals surface area contributed by atoms with Crippen LogP contribution in [-0.4, -0.2) is 36.8 Å². The van der Waals surface area contributed by atoms with E-state index >= 15 is 0 Å². The van der Waals surface area contributed by atoms with Crippen LogP contribution in [0.4, 0.5) is 0 Å². The molecule has 1 aromatic rings. The number of aliphatic carboxylic acids is 1. The number of para-hydroxylation sites is 1. The van der Waals surface area contributed by atoms with Gasteiger partial charge in [-0.1, -0.05) is 18.2 Å². The van der Waals surface area contributed by atoms with Gasteiger partial charge in [-0.2, -0.15) is 0 Å². The van der Waals surface area contributed by atoms with Crippen LogP contribution < -0.4 is 15.4 Å². The van der Waals surface area contributed by atoms with E-state index < -0.39 is 5.97 Å². The summed E-state index contributed by atoms with van der Waals surface area (Å²) in [4.78, 5) is 10.8. The molecule has 0 amide bonds. The number of hydrogen-bond acceptors (Lipinski definition) is 4. The van der Waals surface area contributed by atoms with Gasteiger partial charge in [-0.3, -0.25) is 4.79 Å². The molecular weight excluding hydrogens is 232 g/mol. The van der Waals surface area contributed by atoms with Crippen molar-refractivity contribution in [3.8, 4) is 5.75 Å². The van der Waals surface area contributed by atoms with Gasteiger partial charge in [-0.05, 0) is 6.07 Å². The van der Waals surface area contributed by atoms with Crippen molar-refractivity contribution in [1.29, 1.82) is 0 Å². The van der Waals surface area contributed by atoms with Gasteiger partial charge < -0.3 is 20.5 Å². The number of rotatable bonds is 6. The van der Waals surface area contributed by atoms with Crippen molar-refractivity contribution in [3.63, 3.8) is 0 Å². The topological polar surface area (TPSA) is 70.6 Å². The van der Waals surface area contributed by atoms with Crippen molar-refractivity contribution < 1.29 is 14.6 Å². The fraction of sp³-hybridized carbons (Fsp3) is 0.462. The summed E-state index contributed by atoms with van der Waals surface area (Å²) in [6.45, 7) is 1.99. The third-order valence-electron chi connectivity index (χ3n) is 3.26. The summed E-state index contributed by atoms with van der Waals surface area (Å²) in [7, 11) is 1.64. The van der Waals surface area contributed by atoms with E-state index in [2.05, 4.69) is 10.6 Å². The largest absolute Gasteiger partial charge is 0.496 e. The second-order valence-corrected chi connectivity index (χ2v) is 4.62. The number of ether oxygens (including phenoxy) is 1. The zero-order valence-corrected chi connectivity index (χ0v) is 10.4.